The van der Waals surface area contributed by atoms with E-state index in [4.69, 9.17) is 4.42 Å². The summed E-state index contributed by atoms with van der Waals surface area (Å²) in [5.41, 5.74) is 2.88. The second-order valence-corrected chi connectivity index (χ2v) is 6.97. The van der Waals surface area contributed by atoms with Crippen molar-refractivity contribution in [1.29, 1.82) is 0 Å². The van der Waals surface area contributed by atoms with Crippen LogP contribution in [0.3, 0.4) is 0 Å². The first-order valence-corrected chi connectivity index (χ1v) is 9.33. The van der Waals surface area contributed by atoms with Crippen molar-refractivity contribution in [2.24, 2.45) is 0 Å². The zero-order valence-corrected chi connectivity index (χ0v) is 16.6. The summed E-state index contributed by atoms with van der Waals surface area (Å²) in [6.07, 6.45) is 0. The predicted octanol–water partition coefficient (Wildman–Crippen LogP) is 4.88. The molecule has 0 aliphatic heterocycles. The standard InChI is InChI=1S/C22H17F3N4O2/c1-12-9-17(22-28-27-21(31-22)14-3-5-15(23)6-4-14)13(2)29(12)11-20(30)26-16-7-8-18(24)19(25)10-16/h3-10H,11H2,1-2H3,(H,26,30). The summed E-state index contributed by atoms with van der Waals surface area (Å²) in [7, 11) is 0. The first-order chi connectivity index (χ1) is 14.8. The smallest absolute Gasteiger partial charge is 0.249 e. The molecule has 0 saturated carbocycles. The van der Waals surface area contributed by atoms with Crippen molar-refractivity contribution >= 4 is 11.6 Å². The van der Waals surface area contributed by atoms with Crippen LogP contribution in [0.25, 0.3) is 22.9 Å². The average molecular weight is 426 g/mol. The number of aryl methyl sites for hydroxylation is 1. The number of rotatable bonds is 5. The van der Waals surface area contributed by atoms with Gasteiger partial charge in [-0.1, -0.05) is 0 Å². The van der Waals surface area contributed by atoms with Gasteiger partial charge in [0.25, 0.3) is 0 Å². The zero-order valence-electron chi connectivity index (χ0n) is 16.6. The van der Waals surface area contributed by atoms with Crippen LogP contribution in [-0.2, 0) is 11.3 Å². The lowest BCUT2D eigenvalue weighted by molar-refractivity contribution is -0.116. The molecule has 2 aromatic heterocycles. The number of hydrogen-bond acceptors (Lipinski definition) is 4. The molecular weight excluding hydrogens is 409 g/mol. The van der Waals surface area contributed by atoms with Gasteiger partial charge >= 0.3 is 0 Å². The minimum absolute atomic E-state index is 0.0460. The highest BCUT2D eigenvalue weighted by molar-refractivity contribution is 5.90. The van der Waals surface area contributed by atoms with Crippen molar-refractivity contribution < 1.29 is 22.4 Å². The first kappa shape index (κ1) is 20.4. The monoisotopic (exact) mass is 426 g/mol. The highest BCUT2D eigenvalue weighted by atomic mass is 19.2. The van der Waals surface area contributed by atoms with Gasteiger partial charge in [0.2, 0.25) is 17.7 Å². The van der Waals surface area contributed by atoms with E-state index in [0.717, 1.165) is 17.8 Å². The summed E-state index contributed by atoms with van der Waals surface area (Å²) in [5.74, 6) is -2.29. The van der Waals surface area contributed by atoms with Crippen LogP contribution in [-0.4, -0.2) is 20.7 Å². The zero-order chi connectivity index (χ0) is 22.1. The van der Waals surface area contributed by atoms with Crippen LogP contribution in [0.4, 0.5) is 18.9 Å². The maximum Gasteiger partial charge on any atom is 0.249 e. The van der Waals surface area contributed by atoms with E-state index >= 15 is 0 Å². The van der Waals surface area contributed by atoms with Gasteiger partial charge in [0.05, 0.1) is 5.56 Å². The molecule has 4 rings (SSSR count). The molecule has 9 heteroatoms. The van der Waals surface area contributed by atoms with E-state index in [0.29, 0.717) is 16.8 Å². The van der Waals surface area contributed by atoms with Crippen molar-refractivity contribution in [3.05, 3.63) is 77.4 Å². The van der Waals surface area contributed by atoms with Gasteiger partial charge in [0, 0.05) is 28.7 Å². The van der Waals surface area contributed by atoms with E-state index in [1.807, 2.05) is 13.0 Å². The molecule has 2 aromatic carbocycles. The second kappa shape index (κ2) is 8.10. The first-order valence-electron chi connectivity index (χ1n) is 9.33. The molecule has 0 saturated heterocycles. The molecule has 0 fully saturated rings. The molecule has 0 atom stereocenters. The number of hydrogen-bond donors (Lipinski definition) is 1. The molecule has 0 unspecified atom stereocenters. The van der Waals surface area contributed by atoms with Crippen LogP contribution in [0.5, 0.6) is 0 Å². The largest absolute Gasteiger partial charge is 0.416 e. The minimum Gasteiger partial charge on any atom is -0.416 e. The molecule has 1 N–H and O–H groups in total. The van der Waals surface area contributed by atoms with Crippen molar-refractivity contribution in [2.75, 3.05) is 5.32 Å². The van der Waals surface area contributed by atoms with Gasteiger partial charge in [-0.2, -0.15) is 0 Å². The lowest BCUT2D eigenvalue weighted by Crippen LogP contribution is -2.20. The van der Waals surface area contributed by atoms with E-state index in [1.54, 1.807) is 23.6 Å². The van der Waals surface area contributed by atoms with E-state index in [9.17, 15) is 18.0 Å². The quantitative estimate of drug-likeness (QED) is 0.494. The minimum atomic E-state index is -1.04. The predicted molar refractivity (Wildman–Crippen MR) is 108 cm³/mol. The lowest BCUT2D eigenvalue weighted by atomic mass is 10.2. The Bertz CT molecular complexity index is 1260. The molecule has 0 aliphatic rings. The summed E-state index contributed by atoms with van der Waals surface area (Å²) >= 11 is 0. The number of benzene rings is 2. The molecule has 0 aliphatic carbocycles. The van der Waals surface area contributed by atoms with Crippen molar-refractivity contribution in [3.8, 4) is 22.9 Å². The van der Waals surface area contributed by atoms with Crippen molar-refractivity contribution in [3.63, 3.8) is 0 Å². The van der Waals surface area contributed by atoms with E-state index in [1.165, 1.54) is 18.2 Å². The molecule has 6 nitrogen and oxygen atoms in total. The van der Waals surface area contributed by atoms with Crippen molar-refractivity contribution in [1.82, 2.24) is 14.8 Å². The maximum absolute atomic E-state index is 13.3. The Morgan fingerprint density at radius 1 is 0.968 bits per heavy atom. The number of nitrogens with one attached hydrogen (secondary N) is 1. The summed E-state index contributed by atoms with van der Waals surface area (Å²) in [4.78, 5) is 12.4. The maximum atomic E-state index is 13.3. The van der Waals surface area contributed by atoms with Crippen molar-refractivity contribution in [2.45, 2.75) is 20.4 Å². The number of carbonyl (C=O) groups is 1. The summed E-state index contributed by atoms with van der Waals surface area (Å²) in [5, 5.41) is 10.6. The molecule has 158 valence electrons. The molecule has 0 radical (unpaired) electrons. The molecule has 4 aromatic rings. The number of amides is 1. The average Bonchev–Trinajstić information content (AvgIpc) is 3.32. The Morgan fingerprint density at radius 3 is 2.39 bits per heavy atom. The Kier molecular flexibility index (Phi) is 5.33. The highest BCUT2D eigenvalue weighted by Gasteiger charge is 2.19. The molecule has 0 bridgehead atoms. The molecule has 31 heavy (non-hydrogen) atoms. The summed E-state index contributed by atoms with van der Waals surface area (Å²) in [6, 6.07) is 10.6. The van der Waals surface area contributed by atoms with Gasteiger partial charge in [-0.05, 0) is 56.3 Å². The Balaban J connectivity index is 1.54. The van der Waals surface area contributed by atoms with Gasteiger partial charge in [0.15, 0.2) is 11.6 Å². The number of halogens is 3. The summed E-state index contributed by atoms with van der Waals surface area (Å²) in [6.45, 7) is 3.57. The Labute approximate surface area is 175 Å². The SMILES string of the molecule is Cc1cc(-c2nnc(-c3ccc(F)cc3)o2)c(C)n1CC(=O)Nc1ccc(F)c(F)c1. The fourth-order valence-electron chi connectivity index (χ4n) is 3.22. The molecule has 2 heterocycles. The van der Waals surface area contributed by atoms with Crippen LogP contribution >= 0.6 is 0 Å². The topological polar surface area (TPSA) is 73.0 Å². The molecule has 1 amide bonds. The van der Waals surface area contributed by atoms with E-state index < -0.39 is 17.5 Å². The van der Waals surface area contributed by atoms with Gasteiger partial charge in [-0.3, -0.25) is 4.79 Å². The molecular formula is C22H17F3N4O2. The van der Waals surface area contributed by atoms with Gasteiger partial charge in [0.1, 0.15) is 12.4 Å². The van der Waals surface area contributed by atoms with Gasteiger partial charge in [-0.25, -0.2) is 13.2 Å². The second-order valence-electron chi connectivity index (χ2n) is 6.97. The van der Waals surface area contributed by atoms with Crippen LogP contribution < -0.4 is 5.32 Å². The summed E-state index contributed by atoms with van der Waals surface area (Å²) < 4.78 is 47.0. The Morgan fingerprint density at radius 2 is 1.68 bits per heavy atom. The fourth-order valence-corrected chi connectivity index (χ4v) is 3.22. The van der Waals surface area contributed by atoms with Crippen LogP contribution in [0.2, 0.25) is 0 Å². The fraction of sp³-hybridized carbons (Fsp3) is 0.136. The number of anilines is 1. The number of nitrogens with zero attached hydrogens (tertiary/aromatic N) is 3. The van der Waals surface area contributed by atoms with Gasteiger partial charge in [-0.15, -0.1) is 10.2 Å². The lowest BCUT2D eigenvalue weighted by Gasteiger charge is -2.10. The van der Waals surface area contributed by atoms with E-state index in [-0.39, 0.29) is 29.8 Å². The van der Waals surface area contributed by atoms with Crippen LogP contribution in [0.1, 0.15) is 11.4 Å². The highest BCUT2D eigenvalue weighted by Crippen LogP contribution is 2.29. The number of carbonyl (C=O) groups excluding carboxylic acids is 1. The van der Waals surface area contributed by atoms with Crippen LogP contribution in [0.15, 0.2) is 52.9 Å². The van der Waals surface area contributed by atoms with Crippen LogP contribution in [0, 0.1) is 31.3 Å². The normalized spacial score (nSPS) is 11.0. The Hall–Kier alpha value is -3.88. The third kappa shape index (κ3) is 4.20. The third-order valence-electron chi connectivity index (χ3n) is 4.83. The molecule has 0 spiro atoms. The van der Waals surface area contributed by atoms with Gasteiger partial charge < -0.3 is 14.3 Å². The number of aromatic nitrogens is 3. The third-order valence-corrected chi connectivity index (χ3v) is 4.83. The van der Waals surface area contributed by atoms with E-state index in [2.05, 4.69) is 15.5 Å².